The Balaban J connectivity index is 2.18. The van der Waals surface area contributed by atoms with E-state index in [0.717, 1.165) is 12.1 Å². The van der Waals surface area contributed by atoms with E-state index in [0.29, 0.717) is 17.0 Å². The van der Waals surface area contributed by atoms with E-state index in [1.807, 2.05) is 0 Å². The lowest BCUT2D eigenvalue weighted by atomic mass is 10.1. The van der Waals surface area contributed by atoms with E-state index in [-0.39, 0.29) is 6.42 Å². The van der Waals surface area contributed by atoms with Gasteiger partial charge >= 0.3 is 12.1 Å². The molecule has 0 atom stereocenters. The molecule has 2 aromatic rings. The summed E-state index contributed by atoms with van der Waals surface area (Å²) in [6.45, 7) is 3.26. The van der Waals surface area contributed by atoms with Crippen molar-refractivity contribution < 1.29 is 27.2 Å². The van der Waals surface area contributed by atoms with Crippen molar-refractivity contribution in [1.29, 1.82) is 0 Å². The summed E-state index contributed by atoms with van der Waals surface area (Å²) >= 11 is 0. The third kappa shape index (κ3) is 3.42. The molecular formula is C14H12F3NO3. The summed E-state index contributed by atoms with van der Waals surface area (Å²) in [6, 6.07) is 4.56. The molecule has 0 radical (unpaired) electrons. The van der Waals surface area contributed by atoms with E-state index in [4.69, 9.17) is 9.26 Å². The molecule has 0 saturated heterocycles. The molecule has 21 heavy (non-hydrogen) atoms. The number of para-hydroxylation sites is 1. The number of alkyl halides is 3. The predicted octanol–water partition coefficient (Wildman–Crippen LogP) is 3.46. The number of carbonyl (C=O) groups is 1. The minimum atomic E-state index is -4.58. The average Bonchev–Trinajstić information content (AvgIpc) is 2.70. The molecule has 0 N–H and O–H groups in total. The van der Waals surface area contributed by atoms with E-state index >= 15 is 0 Å². The maximum Gasteiger partial charge on any atom is 0.419 e. The van der Waals surface area contributed by atoms with Crippen LogP contribution in [0.25, 0.3) is 0 Å². The summed E-state index contributed by atoms with van der Waals surface area (Å²) in [5.74, 6) is -0.878. The highest BCUT2D eigenvalue weighted by Gasteiger charge is 2.34. The number of aryl methyl sites for hydroxylation is 2. The Morgan fingerprint density at radius 3 is 2.52 bits per heavy atom. The molecule has 7 heteroatoms. The normalized spacial score (nSPS) is 11.5. The molecule has 0 aliphatic heterocycles. The van der Waals surface area contributed by atoms with Crippen molar-refractivity contribution in [3.8, 4) is 5.75 Å². The van der Waals surface area contributed by atoms with Crippen LogP contribution in [0.4, 0.5) is 13.2 Å². The monoisotopic (exact) mass is 299 g/mol. The smallest absolute Gasteiger partial charge is 0.419 e. The summed E-state index contributed by atoms with van der Waals surface area (Å²) in [7, 11) is 0. The lowest BCUT2D eigenvalue weighted by Gasteiger charge is -2.12. The molecule has 1 heterocycles. The van der Waals surface area contributed by atoms with Crippen LogP contribution >= 0.6 is 0 Å². The van der Waals surface area contributed by atoms with E-state index in [1.165, 1.54) is 12.1 Å². The van der Waals surface area contributed by atoms with Crippen LogP contribution in [-0.4, -0.2) is 11.1 Å². The molecule has 112 valence electrons. The van der Waals surface area contributed by atoms with Gasteiger partial charge < -0.3 is 9.26 Å². The Bertz CT molecular complexity index is 642. The Kier molecular flexibility index (Phi) is 4.02. The Morgan fingerprint density at radius 1 is 1.29 bits per heavy atom. The molecule has 0 spiro atoms. The summed E-state index contributed by atoms with van der Waals surface area (Å²) in [5.41, 5.74) is 0.0372. The number of halogens is 3. The molecule has 4 nitrogen and oxygen atoms in total. The van der Waals surface area contributed by atoms with E-state index in [9.17, 15) is 18.0 Å². The minimum absolute atomic E-state index is 0.201. The molecule has 0 saturated carbocycles. The average molecular weight is 299 g/mol. The van der Waals surface area contributed by atoms with E-state index in [1.54, 1.807) is 13.8 Å². The second kappa shape index (κ2) is 5.59. The van der Waals surface area contributed by atoms with Gasteiger partial charge in [-0.15, -0.1) is 0 Å². The predicted molar refractivity (Wildman–Crippen MR) is 66.8 cm³/mol. The second-order valence-electron chi connectivity index (χ2n) is 4.45. The molecule has 0 fully saturated rings. The number of carbonyl (C=O) groups excluding carboxylic acids is 1. The van der Waals surface area contributed by atoms with Gasteiger partial charge in [0.2, 0.25) is 0 Å². The Morgan fingerprint density at radius 2 is 1.95 bits per heavy atom. The maximum atomic E-state index is 12.8. The van der Waals surface area contributed by atoms with Crippen molar-refractivity contribution >= 4 is 5.97 Å². The molecule has 0 aliphatic rings. The van der Waals surface area contributed by atoms with E-state index < -0.39 is 23.5 Å². The zero-order valence-corrected chi connectivity index (χ0v) is 11.3. The highest BCUT2D eigenvalue weighted by molar-refractivity contribution is 5.76. The number of aromatic nitrogens is 1. The van der Waals surface area contributed by atoms with Crippen LogP contribution in [0.15, 0.2) is 28.8 Å². The highest BCUT2D eigenvalue weighted by atomic mass is 19.4. The van der Waals surface area contributed by atoms with Gasteiger partial charge in [0, 0.05) is 5.56 Å². The van der Waals surface area contributed by atoms with Gasteiger partial charge in [-0.2, -0.15) is 13.2 Å². The first-order valence-corrected chi connectivity index (χ1v) is 6.07. The van der Waals surface area contributed by atoms with Crippen LogP contribution in [0, 0.1) is 13.8 Å². The number of rotatable bonds is 3. The third-order valence-corrected chi connectivity index (χ3v) is 2.92. The van der Waals surface area contributed by atoms with E-state index in [2.05, 4.69) is 5.16 Å². The fourth-order valence-electron chi connectivity index (χ4n) is 1.85. The number of ether oxygens (including phenoxy) is 1. The van der Waals surface area contributed by atoms with Crippen molar-refractivity contribution in [2.45, 2.75) is 26.4 Å². The molecule has 0 aliphatic carbocycles. The first-order valence-electron chi connectivity index (χ1n) is 6.07. The van der Waals surface area contributed by atoms with Gasteiger partial charge in [0.05, 0.1) is 17.7 Å². The number of hydrogen-bond donors (Lipinski definition) is 0. The van der Waals surface area contributed by atoms with Gasteiger partial charge in [0.15, 0.2) is 0 Å². The largest absolute Gasteiger partial charge is 0.426 e. The number of hydrogen-bond acceptors (Lipinski definition) is 4. The molecule has 1 aromatic carbocycles. The molecule has 0 bridgehead atoms. The number of benzene rings is 1. The fraction of sp³-hybridized carbons (Fsp3) is 0.286. The van der Waals surface area contributed by atoms with Gasteiger partial charge in [-0.3, -0.25) is 4.79 Å². The molecule has 0 unspecified atom stereocenters. The van der Waals surface area contributed by atoms with Gasteiger partial charge in [0.1, 0.15) is 11.5 Å². The SMILES string of the molecule is Cc1noc(C)c1CC(=O)Oc1ccccc1C(F)(F)F. The van der Waals surface area contributed by atoms with Crippen molar-refractivity contribution in [3.63, 3.8) is 0 Å². The Labute approximate surface area is 118 Å². The minimum Gasteiger partial charge on any atom is -0.426 e. The molecular weight excluding hydrogens is 287 g/mol. The third-order valence-electron chi connectivity index (χ3n) is 2.92. The lowest BCUT2D eigenvalue weighted by Crippen LogP contribution is -2.15. The highest BCUT2D eigenvalue weighted by Crippen LogP contribution is 2.36. The molecule has 2 rings (SSSR count). The van der Waals surface area contributed by atoms with Gasteiger partial charge in [-0.05, 0) is 26.0 Å². The van der Waals surface area contributed by atoms with Crippen molar-refractivity contribution in [2.75, 3.05) is 0 Å². The fourth-order valence-corrected chi connectivity index (χ4v) is 1.85. The summed E-state index contributed by atoms with van der Waals surface area (Å²) < 4.78 is 48.1. The topological polar surface area (TPSA) is 52.3 Å². The zero-order chi connectivity index (χ0) is 15.6. The van der Waals surface area contributed by atoms with Gasteiger partial charge in [-0.1, -0.05) is 17.3 Å². The molecule has 0 amide bonds. The molecule has 1 aromatic heterocycles. The van der Waals surface area contributed by atoms with Crippen LogP contribution in [0.1, 0.15) is 22.6 Å². The van der Waals surface area contributed by atoms with Gasteiger partial charge in [-0.25, -0.2) is 0 Å². The second-order valence-corrected chi connectivity index (χ2v) is 4.45. The van der Waals surface area contributed by atoms with Crippen molar-refractivity contribution in [2.24, 2.45) is 0 Å². The maximum absolute atomic E-state index is 12.8. The number of esters is 1. The quantitative estimate of drug-likeness (QED) is 0.643. The van der Waals surface area contributed by atoms with Crippen LogP contribution < -0.4 is 4.74 Å². The Hall–Kier alpha value is -2.31. The first-order chi connectivity index (χ1) is 9.79. The van der Waals surface area contributed by atoms with Crippen LogP contribution in [0.2, 0.25) is 0 Å². The first kappa shape index (κ1) is 15.1. The lowest BCUT2D eigenvalue weighted by molar-refractivity contribution is -0.142. The van der Waals surface area contributed by atoms with Crippen LogP contribution in [-0.2, 0) is 17.4 Å². The zero-order valence-electron chi connectivity index (χ0n) is 11.3. The van der Waals surface area contributed by atoms with Gasteiger partial charge in [0.25, 0.3) is 0 Å². The van der Waals surface area contributed by atoms with Crippen molar-refractivity contribution in [3.05, 3.63) is 46.8 Å². The summed E-state index contributed by atoms with van der Waals surface area (Å²) in [6.07, 6.45) is -4.78. The number of nitrogens with zero attached hydrogens (tertiary/aromatic N) is 1. The standard InChI is InChI=1S/C14H12F3NO3/c1-8-10(9(2)21-18-8)7-13(19)20-12-6-4-3-5-11(12)14(15,16)17/h3-6H,7H2,1-2H3. The summed E-state index contributed by atoms with van der Waals surface area (Å²) in [5, 5.41) is 3.67. The van der Waals surface area contributed by atoms with Crippen molar-refractivity contribution in [1.82, 2.24) is 5.16 Å². The van der Waals surface area contributed by atoms with Crippen LogP contribution in [0.5, 0.6) is 5.75 Å². The summed E-state index contributed by atoms with van der Waals surface area (Å²) in [4.78, 5) is 11.8. The van der Waals surface area contributed by atoms with Crippen LogP contribution in [0.3, 0.4) is 0 Å².